The van der Waals surface area contributed by atoms with Gasteiger partial charge in [-0.1, -0.05) is 25.1 Å². The van der Waals surface area contributed by atoms with Gasteiger partial charge in [0.15, 0.2) is 5.96 Å². The fourth-order valence-electron chi connectivity index (χ4n) is 3.76. The molecular weight excluding hydrogens is 354 g/mol. The molecule has 3 rings (SSSR count). The number of hydrogen-bond acceptors (Lipinski definition) is 4. The highest BCUT2D eigenvalue weighted by Gasteiger charge is 2.25. The number of likely N-dealkylation sites (tertiary alicyclic amines) is 1. The third-order valence-electron chi connectivity index (χ3n) is 5.28. The molecule has 1 atom stereocenters. The van der Waals surface area contributed by atoms with E-state index >= 15 is 0 Å². The lowest BCUT2D eigenvalue weighted by Gasteiger charge is -2.30. The molecule has 2 aliphatic rings. The van der Waals surface area contributed by atoms with Crippen LogP contribution in [0.4, 0.5) is 5.69 Å². The number of morpholine rings is 1. The molecule has 2 saturated heterocycles. The van der Waals surface area contributed by atoms with Crippen molar-refractivity contribution in [3.8, 4) is 0 Å². The molecule has 0 aromatic heterocycles. The first-order valence-electron chi connectivity index (χ1n) is 10.4. The molecule has 154 valence electrons. The Morgan fingerprint density at radius 1 is 1.21 bits per heavy atom. The van der Waals surface area contributed by atoms with E-state index in [0.29, 0.717) is 13.0 Å². The number of guanidine groups is 1. The van der Waals surface area contributed by atoms with Gasteiger partial charge in [-0.25, -0.2) is 4.99 Å². The van der Waals surface area contributed by atoms with Crippen LogP contribution in [0.2, 0.25) is 0 Å². The Hall–Kier alpha value is -2.28. The summed E-state index contributed by atoms with van der Waals surface area (Å²) in [5.74, 6) is 1.04. The Balaban J connectivity index is 1.64. The number of aliphatic imine (C=N–C) groups is 1. The fraction of sp³-hybridized carbons (Fsp3) is 0.619. The second-order valence-electron chi connectivity index (χ2n) is 7.25. The number of anilines is 1. The summed E-state index contributed by atoms with van der Waals surface area (Å²) in [6.45, 7) is 10.4. The molecule has 2 fully saturated rings. The summed E-state index contributed by atoms with van der Waals surface area (Å²) in [4.78, 5) is 21.0. The maximum atomic E-state index is 11.9. The molecular formula is C21H33N5O2. The lowest BCUT2D eigenvalue weighted by Crippen LogP contribution is -2.45. The van der Waals surface area contributed by atoms with E-state index in [-0.39, 0.29) is 11.9 Å². The number of carbonyl (C=O) groups excluding carboxylic acids is 1. The van der Waals surface area contributed by atoms with Crippen LogP contribution in [0.15, 0.2) is 29.3 Å². The van der Waals surface area contributed by atoms with Gasteiger partial charge in [0.05, 0.1) is 19.8 Å². The van der Waals surface area contributed by atoms with E-state index < -0.39 is 0 Å². The zero-order valence-corrected chi connectivity index (χ0v) is 17.1. The van der Waals surface area contributed by atoms with E-state index in [0.717, 1.165) is 58.3 Å². The summed E-state index contributed by atoms with van der Waals surface area (Å²) in [6, 6.07) is 8.72. The molecule has 2 aliphatic heterocycles. The van der Waals surface area contributed by atoms with Crippen LogP contribution in [0.25, 0.3) is 0 Å². The van der Waals surface area contributed by atoms with Gasteiger partial charge in [-0.15, -0.1) is 0 Å². The molecule has 0 saturated carbocycles. The van der Waals surface area contributed by atoms with Gasteiger partial charge in [0.25, 0.3) is 0 Å². The third-order valence-corrected chi connectivity index (χ3v) is 5.28. The first-order chi connectivity index (χ1) is 13.7. The minimum atomic E-state index is 0.227. The molecule has 7 heteroatoms. The van der Waals surface area contributed by atoms with Crippen LogP contribution in [-0.4, -0.2) is 68.7 Å². The lowest BCUT2D eigenvalue weighted by atomic mass is 10.1. The van der Waals surface area contributed by atoms with Crippen LogP contribution in [0, 0.1) is 0 Å². The summed E-state index contributed by atoms with van der Waals surface area (Å²) < 4.78 is 5.48. The van der Waals surface area contributed by atoms with E-state index in [1.165, 1.54) is 11.3 Å². The molecule has 2 heterocycles. The van der Waals surface area contributed by atoms with E-state index in [9.17, 15) is 4.79 Å². The summed E-state index contributed by atoms with van der Waals surface area (Å²) in [5, 5.41) is 6.85. The highest BCUT2D eigenvalue weighted by molar-refractivity contribution is 5.81. The van der Waals surface area contributed by atoms with Crippen LogP contribution in [0.3, 0.4) is 0 Å². The van der Waals surface area contributed by atoms with Crippen LogP contribution in [-0.2, 0) is 16.1 Å². The van der Waals surface area contributed by atoms with E-state index in [2.05, 4.69) is 46.7 Å². The van der Waals surface area contributed by atoms with Crippen molar-refractivity contribution in [3.05, 3.63) is 29.8 Å². The topological polar surface area (TPSA) is 69.2 Å². The van der Waals surface area contributed by atoms with Gasteiger partial charge in [0.2, 0.25) is 5.91 Å². The minimum Gasteiger partial charge on any atom is -0.378 e. The van der Waals surface area contributed by atoms with Crippen LogP contribution >= 0.6 is 0 Å². The molecule has 1 aromatic rings. The van der Waals surface area contributed by atoms with Gasteiger partial charge < -0.3 is 25.2 Å². The first kappa shape index (κ1) is 20.5. The molecule has 1 amide bonds. The molecule has 2 N–H and O–H groups in total. The number of ether oxygens (including phenoxy) is 1. The number of rotatable bonds is 6. The number of nitrogens with one attached hydrogen (secondary N) is 2. The van der Waals surface area contributed by atoms with Gasteiger partial charge >= 0.3 is 0 Å². The van der Waals surface area contributed by atoms with E-state index in [4.69, 9.17) is 9.73 Å². The number of benzene rings is 1. The molecule has 0 spiro atoms. The van der Waals surface area contributed by atoms with Gasteiger partial charge in [0.1, 0.15) is 0 Å². The largest absolute Gasteiger partial charge is 0.378 e. The first-order valence-corrected chi connectivity index (χ1v) is 10.4. The molecule has 0 bridgehead atoms. The second kappa shape index (κ2) is 10.3. The average Bonchev–Trinajstić information content (AvgIpc) is 3.21. The van der Waals surface area contributed by atoms with E-state index in [1.807, 2.05) is 11.8 Å². The molecule has 28 heavy (non-hydrogen) atoms. The standard InChI is InChI=1S/C21H33N5O2/c1-3-20(27)26-10-9-18(16-26)24-21(22-4-2)23-15-17-7-5-6-8-19(17)25-11-13-28-14-12-25/h5-8,18H,3-4,9-16H2,1-2H3,(H2,22,23,24). The smallest absolute Gasteiger partial charge is 0.222 e. The summed E-state index contributed by atoms with van der Waals surface area (Å²) in [5.41, 5.74) is 2.46. The number of amides is 1. The number of carbonyl (C=O) groups is 1. The maximum Gasteiger partial charge on any atom is 0.222 e. The number of hydrogen-bond donors (Lipinski definition) is 2. The molecule has 0 aliphatic carbocycles. The van der Waals surface area contributed by atoms with Gasteiger partial charge in [-0.3, -0.25) is 4.79 Å². The Labute approximate surface area is 168 Å². The Kier molecular flexibility index (Phi) is 7.54. The average molecular weight is 388 g/mol. The minimum absolute atomic E-state index is 0.227. The van der Waals surface area contributed by atoms with Crippen molar-refractivity contribution in [1.29, 1.82) is 0 Å². The van der Waals surface area contributed by atoms with Crippen molar-refractivity contribution < 1.29 is 9.53 Å². The highest BCUT2D eigenvalue weighted by Crippen LogP contribution is 2.22. The Bertz CT molecular complexity index is 673. The number of nitrogens with zero attached hydrogens (tertiary/aromatic N) is 3. The summed E-state index contributed by atoms with van der Waals surface area (Å²) in [7, 11) is 0. The normalized spacial score (nSPS) is 20.4. The maximum absolute atomic E-state index is 11.9. The van der Waals surface area contributed by atoms with Crippen molar-refractivity contribution in [2.75, 3.05) is 50.8 Å². The summed E-state index contributed by atoms with van der Waals surface area (Å²) in [6.07, 6.45) is 1.53. The fourth-order valence-corrected chi connectivity index (χ4v) is 3.76. The van der Waals surface area contributed by atoms with Crippen molar-refractivity contribution in [2.24, 2.45) is 4.99 Å². The lowest BCUT2D eigenvalue weighted by molar-refractivity contribution is -0.129. The molecule has 0 radical (unpaired) electrons. The van der Waals surface area contributed by atoms with Gasteiger partial charge in [0, 0.05) is 50.9 Å². The third kappa shape index (κ3) is 5.38. The summed E-state index contributed by atoms with van der Waals surface area (Å²) >= 11 is 0. The predicted molar refractivity (Wildman–Crippen MR) is 113 cm³/mol. The van der Waals surface area contributed by atoms with Gasteiger partial charge in [-0.05, 0) is 25.0 Å². The highest BCUT2D eigenvalue weighted by atomic mass is 16.5. The van der Waals surface area contributed by atoms with E-state index in [1.54, 1.807) is 0 Å². The van der Waals surface area contributed by atoms with Crippen molar-refractivity contribution in [1.82, 2.24) is 15.5 Å². The zero-order chi connectivity index (χ0) is 19.8. The van der Waals surface area contributed by atoms with Crippen LogP contribution in [0.5, 0.6) is 0 Å². The van der Waals surface area contributed by atoms with Crippen molar-refractivity contribution in [2.45, 2.75) is 39.3 Å². The van der Waals surface area contributed by atoms with Crippen LogP contribution < -0.4 is 15.5 Å². The number of para-hydroxylation sites is 1. The van der Waals surface area contributed by atoms with Crippen molar-refractivity contribution in [3.63, 3.8) is 0 Å². The Morgan fingerprint density at radius 3 is 2.75 bits per heavy atom. The van der Waals surface area contributed by atoms with Crippen molar-refractivity contribution >= 4 is 17.6 Å². The zero-order valence-electron chi connectivity index (χ0n) is 17.1. The SMILES string of the molecule is CCNC(=NCc1ccccc1N1CCOCC1)NC1CCN(C(=O)CC)C1. The molecule has 1 unspecified atom stereocenters. The molecule has 7 nitrogen and oxygen atoms in total. The Morgan fingerprint density at radius 2 is 2.00 bits per heavy atom. The van der Waals surface area contributed by atoms with Crippen LogP contribution in [0.1, 0.15) is 32.3 Å². The van der Waals surface area contributed by atoms with Gasteiger partial charge in [-0.2, -0.15) is 0 Å². The monoisotopic (exact) mass is 387 g/mol. The second-order valence-corrected chi connectivity index (χ2v) is 7.25. The molecule has 1 aromatic carbocycles. The quantitative estimate of drug-likeness (QED) is 0.573. The predicted octanol–water partition coefficient (Wildman–Crippen LogP) is 1.59.